The molecule has 0 radical (unpaired) electrons. The maximum atomic E-state index is 15.2. The van der Waals surface area contributed by atoms with Crippen molar-refractivity contribution < 1.29 is 18.3 Å². The van der Waals surface area contributed by atoms with Gasteiger partial charge in [-0.15, -0.1) is 0 Å². The van der Waals surface area contributed by atoms with Gasteiger partial charge in [0.2, 0.25) is 5.95 Å². The number of nitrogens with zero attached hydrogens (tertiary/aromatic N) is 4. The Morgan fingerprint density at radius 1 is 0.939 bits per heavy atom. The van der Waals surface area contributed by atoms with E-state index in [2.05, 4.69) is 19.9 Å². The summed E-state index contributed by atoms with van der Waals surface area (Å²) in [4.78, 5) is 16.5. The molecule has 1 aromatic carbocycles. The first-order valence-corrected chi connectivity index (χ1v) is 10.1. The molecule has 3 aromatic heterocycles. The van der Waals surface area contributed by atoms with Crippen LogP contribution in [0.4, 0.5) is 8.78 Å². The fourth-order valence-corrected chi connectivity index (χ4v) is 4.24. The van der Waals surface area contributed by atoms with Crippen molar-refractivity contribution >= 4 is 6.02 Å². The van der Waals surface area contributed by atoms with Crippen molar-refractivity contribution in [1.82, 2.24) is 15.0 Å². The van der Waals surface area contributed by atoms with Crippen LogP contribution in [0, 0.1) is 11.9 Å². The minimum absolute atomic E-state index is 0.0249. The van der Waals surface area contributed by atoms with Crippen LogP contribution in [0.25, 0.3) is 22.4 Å². The molecule has 0 bridgehead atoms. The standard InChI is InChI=1S/C24H15F2N5O2/c25-21-15(4-2-8-29-21)13-5-6-19-16(9-13)24(12-32-23(27)31-24)17-10-18(14-3-1-7-28-11-14)30-22(26)20(17)33-19/h1-11H,12H2,(H2,27,31). The van der Waals surface area contributed by atoms with Crippen molar-refractivity contribution in [1.29, 1.82) is 0 Å². The number of ether oxygens (including phenoxy) is 2. The molecule has 162 valence electrons. The van der Waals surface area contributed by atoms with Gasteiger partial charge in [-0.2, -0.15) is 8.78 Å². The fraction of sp³-hybridized carbons (Fsp3) is 0.0833. The summed E-state index contributed by atoms with van der Waals surface area (Å²) < 4.78 is 41.1. The Morgan fingerprint density at radius 2 is 1.82 bits per heavy atom. The third-order valence-electron chi connectivity index (χ3n) is 5.77. The third-order valence-corrected chi connectivity index (χ3v) is 5.77. The molecule has 9 heteroatoms. The number of pyridine rings is 3. The third kappa shape index (κ3) is 2.93. The molecule has 6 rings (SSSR count). The highest BCUT2D eigenvalue weighted by atomic mass is 19.1. The highest BCUT2D eigenvalue weighted by Crippen LogP contribution is 2.52. The average Bonchev–Trinajstić information content (AvgIpc) is 3.23. The van der Waals surface area contributed by atoms with Crippen LogP contribution in [0.2, 0.25) is 0 Å². The monoisotopic (exact) mass is 443 g/mol. The molecule has 1 atom stereocenters. The lowest BCUT2D eigenvalue weighted by Crippen LogP contribution is -2.32. The van der Waals surface area contributed by atoms with Crippen LogP contribution in [0.3, 0.4) is 0 Å². The summed E-state index contributed by atoms with van der Waals surface area (Å²) >= 11 is 0. The second-order valence-corrected chi connectivity index (χ2v) is 7.67. The zero-order valence-electron chi connectivity index (χ0n) is 17.0. The first kappa shape index (κ1) is 19.3. The topological polar surface area (TPSA) is 95.5 Å². The molecule has 1 spiro atoms. The Hall–Kier alpha value is -4.40. The SMILES string of the molecule is NC1=NC2(CO1)c1cc(-c3cccnc3F)ccc1Oc1c2cc(-c2cccnc2)nc1F. The number of aromatic nitrogens is 3. The van der Waals surface area contributed by atoms with Gasteiger partial charge in [-0.1, -0.05) is 6.07 Å². The smallest absolute Gasteiger partial charge is 0.283 e. The number of rotatable bonds is 2. The van der Waals surface area contributed by atoms with Gasteiger partial charge in [-0.05, 0) is 48.0 Å². The van der Waals surface area contributed by atoms with Gasteiger partial charge in [-0.3, -0.25) is 4.98 Å². The van der Waals surface area contributed by atoms with Gasteiger partial charge in [0.05, 0.1) is 5.69 Å². The molecule has 0 saturated carbocycles. The van der Waals surface area contributed by atoms with E-state index >= 15 is 4.39 Å². The van der Waals surface area contributed by atoms with Crippen LogP contribution >= 0.6 is 0 Å². The second-order valence-electron chi connectivity index (χ2n) is 7.67. The van der Waals surface area contributed by atoms with E-state index in [1.807, 2.05) is 0 Å². The molecule has 4 aromatic rings. The number of aliphatic imine (C=N–C) groups is 1. The Bertz CT molecular complexity index is 1440. The molecule has 5 heterocycles. The Kier molecular flexibility index (Phi) is 4.13. The van der Waals surface area contributed by atoms with Crippen molar-refractivity contribution in [2.24, 2.45) is 10.7 Å². The summed E-state index contributed by atoms with van der Waals surface area (Å²) in [5.41, 5.74) is 7.56. The molecule has 2 N–H and O–H groups in total. The number of hydrogen-bond donors (Lipinski definition) is 1. The Balaban J connectivity index is 1.59. The average molecular weight is 443 g/mol. The number of nitrogens with two attached hydrogens (primary N) is 1. The molecule has 0 amide bonds. The van der Waals surface area contributed by atoms with E-state index < -0.39 is 17.4 Å². The first-order valence-electron chi connectivity index (χ1n) is 10.1. The minimum atomic E-state index is -1.19. The molecular formula is C24H15F2N5O2. The van der Waals surface area contributed by atoms with Crippen LogP contribution in [0.5, 0.6) is 11.5 Å². The number of halogens is 2. The summed E-state index contributed by atoms with van der Waals surface area (Å²) in [6, 6.07) is 13.5. The van der Waals surface area contributed by atoms with Crippen molar-refractivity contribution in [3.8, 4) is 33.9 Å². The molecule has 0 fully saturated rings. The van der Waals surface area contributed by atoms with Gasteiger partial charge in [0.25, 0.3) is 12.0 Å². The van der Waals surface area contributed by atoms with Crippen LogP contribution in [-0.4, -0.2) is 27.6 Å². The van der Waals surface area contributed by atoms with Gasteiger partial charge < -0.3 is 15.2 Å². The lowest BCUT2D eigenvalue weighted by Gasteiger charge is -2.33. The van der Waals surface area contributed by atoms with Gasteiger partial charge in [0.15, 0.2) is 11.3 Å². The lowest BCUT2D eigenvalue weighted by molar-refractivity contribution is 0.261. The lowest BCUT2D eigenvalue weighted by atomic mass is 9.80. The highest BCUT2D eigenvalue weighted by Gasteiger charge is 2.48. The molecule has 33 heavy (non-hydrogen) atoms. The number of hydrogen-bond acceptors (Lipinski definition) is 7. The fourth-order valence-electron chi connectivity index (χ4n) is 4.24. The van der Waals surface area contributed by atoms with E-state index in [1.165, 1.54) is 6.20 Å². The molecule has 0 aliphatic carbocycles. The number of amidine groups is 1. The summed E-state index contributed by atoms with van der Waals surface area (Å²) in [6.07, 6.45) is 4.59. The van der Waals surface area contributed by atoms with E-state index in [9.17, 15) is 4.39 Å². The Morgan fingerprint density at radius 3 is 2.58 bits per heavy atom. The van der Waals surface area contributed by atoms with Crippen LogP contribution in [0.15, 0.2) is 72.1 Å². The molecule has 2 aliphatic heterocycles. The predicted molar refractivity (Wildman–Crippen MR) is 115 cm³/mol. The number of benzene rings is 1. The van der Waals surface area contributed by atoms with Gasteiger partial charge >= 0.3 is 0 Å². The minimum Gasteiger partial charge on any atom is -0.462 e. The van der Waals surface area contributed by atoms with E-state index in [0.717, 1.165) is 0 Å². The molecule has 7 nitrogen and oxygen atoms in total. The molecule has 0 saturated heterocycles. The van der Waals surface area contributed by atoms with Crippen LogP contribution in [-0.2, 0) is 10.3 Å². The van der Waals surface area contributed by atoms with Crippen LogP contribution < -0.4 is 10.5 Å². The largest absolute Gasteiger partial charge is 0.462 e. The summed E-state index contributed by atoms with van der Waals surface area (Å²) in [7, 11) is 0. The zero-order valence-corrected chi connectivity index (χ0v) is 17.0. The Labute approximate surface area is 186 Å². The van der Waals surface area contributed by atoms with Gasteiger partial charge in [0.1, 0.15) is 12.4 Å². The van der Waals surface area contributed by atoms with Gasteiger partial charge in [0, 0.05) is 40.8 Å². The van der Waals surface area contributed by atoms with E-state index in [4.69, 9.17) is 15.2 Å². The predicted octanol–water partition coefficient (Wildman–Crippen LogP) is 4.18. The van der Waals surface area contributed by atoms with Crippen molar-refractivity contribution in [3.05, 3.63) is 90.1 Å². The van der Waals surface area contributed by atoms with Crippen LogP contribution in [0.1, 0.15) is 11.1 Å². The summed E-state index contributed by atoms with van der Waals surface area (Å²) in [5, 5.41) is 0. The van der Waals surface area contributed by atoms with E-state index in [0.29, 0.717) is 39.3 Å². The normalized spacial score (nSPS) is 18.2. The first-order chi connectivity index (χ1) is 16.0. The summed E-state index contributed by atoms with van der Waals surface area (Å²) in [6.45, 7) is 0.0249. The van der Waals surface area contributed by atoms with Crippen molar-refractivity contribution in [2.45, 2.75) is 5.54 Å². The van der Waals surface area contributed by atoms with E-state index in [-0.39, 0.29) is 18.4 Å². The molecular weight excluding hydrogens is 428 g/mol. The summed E-state index contributed by atoms with van der Waals surface area (Å²) in [5.74, 6) is -1.10. The molecule has 2 aliphatic rings. The van der Waals surface area contributed by atoms with Gasteiger partial charge in [-0.25, -0.2) is 15.0 Å². The highest BCUT2D eigenvalue weighted by molar-refractivity contribution is 5.78. The maximum absolute atomic E-state index is 15.2. The van der Waals surface area contributed by atoms with Crippen molar-refractivity contribution in [2.75, 3.05) is 6.61 Å². The molecule has 1 unspecified atom stereocenters. The maximum Gasteiger partial charge on any atom is 0.283 e. The quantitative estimate of drug-likeness (QED) is 0.467. The zero-order chi connectivity index (χ0) is 22.6. The second kappa shape index (κ2) is 7.06. The number of fused-ring (bicyclic) bond motifs is 4. The van der Waals surface area contributed by atoms with E-state index in [1.54, 1.807) is 60.9 Å². The van der Waals surface area contributed by atoms with Crippen molar-refractivity contribution in [3.63, 3.8) is 0 Å².